The standard InChI is InChI=1S/C17H31N3O2.2ClH/c1-4-22-14-11-17(18,16(14,2)3)15(21)19-12-7-9-20-8-5-6-13(20)10-12;;/h12-14H,4-11,18H2,1-3H3,(H,19,21);2*1H. The minimum absolute atomic E-state index is 0. The maximum Gasteiger partial charge on any atom is 0.241 e. The van der Waals surface area contributed by atoms with Crippen LogP contribution in [0.25, 0.3) is 0 Å². The van der Waals surface area contributed by atoms with E-state index < -0.39 is 5.54 Å². The Labute approximate surface area is 158 Å². The zero-order valence-corrected chi connectivity index (χ0v) is 16.7. The molecule has 142 valence electrons. The number of nitrogens with two attached hydrogens (primary N) is 1. The van der Waals surface area contributed by atoms with Crippen LogP contribution >= 0.6 is 24.8 Å². The molecular formula is C17H33Cl2N3O2. The Morgan fingerprint density at radius 3 is 2.62 bits per heavy atom. The highest BCUT2D eigenvalue weighted by Crippen LogP contribution is 2.50. The Morgan fingerprint density at radius 1 is 1.29 bits per heavy atom. The summed E-state index contributed by atoms with van der Waals surface area (Å²) in [6.45, 7) is 9.10. The molecule has 4 unspecified atom stereocenters. The number of hydrogen-bond donors (Lipinski definition) is 2. The van der Waals surface area contributed by atoms with Crippen LogP contribution in [0.2, 0.25) is 0 Å². The van der Waals surface area contributed by atoms with E-state index in [0.29, 0.717) is 19.1 Å². The SMILES string of the molecule is CCOC1CC(N)(C(=O)NC2CCN3CCCC3C2)C1(C)C.Cl.Cl. The first-order valence-corrected chi connectivity index (χ1v) is 8.84. The number of halogens is 2. The fraction of sp³-hybridized carbons (Fsp3) is 0.941. The van der Waals surface area contributed by atoms with Gasteiger partial charge in [-0.05, 0) is 39.2 Å². The zero-order chi connectivity index (χ0) is 16.0. The van der Waals surface area contributed by atoms with E-state index in [0.717, 1.165) is 19.4 Å². The molecule has 2 saturated heterocycles. The van der Waals surface area contributed by atoms with Crippen molar-refractivity contribution in [2.24, 2.45) is 11.1 Å². The summed E-state index contributed by atoms with van der Waals surface area (Å²) in [7, 11) is 0. The van der Waals surface area contributed by atoms with Crippen molar-refractivity contribution in [1.82, 2.24) is 10.2 Å². The number of fused-ring (bicyclic) bond motifs is 1. The third-order valence-electron chi connectivity index (χ3n) is 6.39. The highest BCUT2D eigenvalue weighted by molar-refractivity contribution is 5.89. The molecule has 0 radical (unpaired) electrons. The summed E-state index contributed by atoms with van der Waals surface area (Å²) >= 11 is 0. The van der Waals surface area contributed by atoms with Crippen LogP contribution in [-0.4, -0.2) is 54.2 Å². The number of rotatable bonds is 4. The van der Waals surface area contributed by atoms with E-state index in [1.807, 2.05) is 6.92 Å². The third-order valence-corrected chi connectivity index (χ3v) is 6.39. The van der Waals surface area contributed by atoms with Crippen molar-refractivity contribution in [3.8, 4) is 0 Å². The molecule has 3 fully saturated rings. The van der Waals surface area contributed by atoms with Crippen LogP contribution in [-0.2, 0) is 9.53 Å². The predicted octanol–water partition coefficient (Wildman–Crippen LogP) is 2.11. The largest absolute Gasteiger partial charge is 0.378 e. The van der Waals surface area contributed by atoms with Gasteiger partial charge in [-0.15, -0.1) is 24.8 Å². The summed E-state index contributed by atoms with van der Waals surface area (Å²) in [5.74, 6) is 0.0184. The highest BCUT2D eigenvalue weighted by Gasteiger charge is 2.63. The molecule has 1 saturated carbocycles. The molecule has 4 atom stereocenters. The van der Waals surface area contributed by atoms with Crippen molar-refractivity contribution >= 4 is 30.7 Å². The number of amides is 1. The Bertz CT molecular complexity index is 450. The number of hydrogen-bond acceptors (Lipinski definition) is 4. The molecule has 0 aromatic rings. The lowest BCUT2D eigenvalue weighted by Crippen LogP contribution is -2.76. The fourth-order valence-corrected chi connectivity index (χ4v) is 4.49. The maximum absolute atomic E-state index is 12.8. The van der Waals surface area contributed by atoms with E-state index in [-0.39, 0.29) is 48.3 Å². The van der Waals surface area contributed by atoms with Gasteiger partial charge in [0.05, 0.1) is 6.10 Å². The second kappa shape index (κ2) is 8.09. The quantitative estimate of drug-likeness (QED) is 0.782. The Kier molecular flexibility index (Phi) is 7.40. The number of carbonyl (C=O) groups is 1. The second-order valence-electron chi connectivity index (χ2n) is 7.87. The molecule has 3 N–H and O–H groups in total. The summed E-state index contributed by atoms with van der Waals surface area (Å²) in [6, 6.07) is 0.951. The zero-order valence-electron chi connectivity index (χ0n) is 15.0. The smallest absolute Gasteiger partial charge is 0.241 e. The van der Waals surface area contributed by atoms with Gasteiger partial charge in [0.15, 0.2) is 0 Å². The van der Waals surface area contributed by atoms with E-state index in [4.69, 9.17) is 10.5 Å². The van der Waals surface area contributed by atoms with Gasteiger partial charge < -0.3 is 20.7 Å². The van der Waals surface area contributed by atoms with E-state index in [1.165, 1.54) is 19.4 Å². The first-order chi connectivity index (χ1) is 10.4. The predicted molar refractivity (Wildman–Crippen MR) is 101 cm³/mol. The summed E-state index contributed by atoms with van der Waals surface area (Å²) in [6.07, 6.45) is 5.42. The average Bonchev–Trinajstić information content (AvgIpc) is 2.94. The monoisotopic (exact) mass is 381 g/mol. The van der Waals surface area contributed by atoms with Gasteiger partial charge in [0.2, 0.25) is 5.91 Å². The van der Waals surface area contributed by atoms with Crippen LogP contribution in [0.4, 0.5) is 0 Å². The minimum Gasteiger partial charge on any atom is -0.378 e. The first kappa shape index (κ1) is 22.0. The first-order valence-electron chi connectivity index (χ1n) is 8.84. The number of nitrogens with zero attached hydrogens (tertiary/aromatic N) is 1. The maximum atomic E-state index is 12.8. The van der Waals surface area contributed by atoms with Crippen molar-refractivity contribution in [2.45, 2.75) is 76.6 Å². The highest BCUT2D eigenvalue weighted by atomic mass is 35.5. The van der Waals surface area contributed by atoms with Crippen molar-refractivity contribution in [1.29, 1.82) is 0 Å². The molecule has 1 amide bonds. The van der Waals surface area contributed by atoms with Gasteiger partial charge >= 0.3 is 0 Å². The lowest BCUT2D eigenvalue weighted by Gasteiger charge is -2.58. The van der Waals surface area contributed by atoms with E-state index in [2.05, 4.69) is 24.1 Å². The average molecular weight is 382 g/mol. The Balaban J connectivity index is 0.00000144. The molecule has 3 rings (SSSR count). The number of ether oxygens (including phenoxy) is 1. The Morgan fingerprint density at radius 2 is 2.00 bits per heavy atom. The van der Waals surface area contributed by atoms with Crippen molar-refractivity contribution in [3.63, 3.8) is 0 Å². The summed E-state index contributed by atoms with van der Waals surface area (Å²) < 4.78 is 5.72. The van der Waals surface area contributed by atoms with Crippen molar-refractivity contribution in [3.05, 3.63) is 0 Å². The van der Waals surface area contributed by atoms with Gasteiger partial charge in [0.1, 0.15) is 5.54 Å². The van der Waals surface area contributed by atoms with Gasteiger partial charge in [-0.25, -0.2) is 0 Å². The van der Waals surface area contributed by atoms with Gasteiger partial charge in [0, 0.05) is 37.1 Å². The van der Waals surface area contributed by atoms with Crippen LogP contribution in [0.3, 0.4) is 0 Å². The topological polar surface area (TPSA) is 67.6 Å². The van der Waals surface area contributed by atoms with Crippen LogP contribution in [0.15, 0.2) is 0 Å². The van der Waals surface area contributed by atoms with Gasteiger partial charge in [-0.2, -0.15) is 0 Å². The van der Waals surface area contributed by atoms with Gasteiger partial charge in [-0.1, -0.05) is 13.8 Å². The third kappa shape index (κ3) is 3.56. The number of nitrogens with one attached hydrogen (secondary N) is 1. The van der Waals surface area contributed by atoms with Gasteiger partial charge in [-0.3, -0.25) is 4.79 Å². The Hall–Kier alpha value is -0.0700. The van der Waals surface area contributed by atoms with Crippen LogP contribution in [0.5, 0.6) is 0 Å². The molecule has 24 heavy (non-hydrogen) atoms. The molecule has 0 aromatic carbocycles. The summed E-state index contributed by atoms with van der Waals surface area (Å²) in [5.41, 5.74) is 5.37. The molecule has 1 aliphatic carbocycles. The van der Waals surface area contributed by atoms with Crippen LogP contribution in [0.1, 0.15) is 52.9 Å². The molecule has 0 spiro atoms. The summed E-state index contributed by atoms with van der Waals surface area (Å²) in [4.78, 5) is 15.3. The van der Waals surface area contributed by atoms with Crippen LogP contribution < -0.4 is 11.1 Å². The molecule has 0 bridgehead atoms. The second-order valence-corrected chi connectivity index (χ2v) is 7.87. The van der Waals surface area contributed by atoms with E-state index >= 15 is 0 Å². The summed E-state index contributed by atoms with van der Waals surface area (Å²) in [5, 5.41) is 3.25. The van der Waals surface area contributed by atoms with Gasteiger partial charge in [0.25, 0.3) is 0 Å². The molecule has 0 aromatic heterocycles. The molecule has 2 heterocycles. The van der Waals surface area contributed by atoms with Crippen molar-refractivity contribution < 1.29 is 9.53 Å². The van der Waals surface area contributed by atoms with Crippen LogP contribution in [0, 0.1) is 5.41 Å². The molecular weight excluding hydrogens is 349 g/mol. The normalized spacial score (nSPS) is 37.4. The minimum atomic E-state index is -0.792. The lowest BCUT2D eigenvalue weighted by atomic mass is 9.54. The van der Waals surface area contributed by atoms with E-state index in [1.54, 1.807) is 0 Å². The molecule has 5 nitrogen and oxygen atoms in total. The molecule has 7 heteroatoms. The number of carbonyl (C=O) groups excluding carboxylic acids is 1. The number of piperidine rings is 1. The van der Waals surface area contributed by atoms with Crippen molar-refractivity contribution in [2.75, 3.05) is 19.7 Å². The molecule has 3 aliphatic rings. The fourth-order valence-electron chi connectivity index (χ4n) is 4.49. The van der Waals surface area contributed by atoms with E-state index in [9.17, 15) is 4.79 Å². The molecule has 2 aliphatic heterocycles. The lowest BCUT2D eigenvalue weighted by molar-refractivity contribution is -0.171.